The Hall–Kier alpha value is -1.76. The number of alkyl halides is 3. The van der Waals surface area contributed by atoms with E-state index in [1.54, 1.807) is 14.2 Å². The number of aliphatic imine (C=N–C) groups is 1. The maximum Gasteiger partial charge on any atom is 0.434 e. The fraction of sp³-hybridized carbons (Fsp3) is 0.474. The van der Waals surface area contributed by atoms with E-state index in [0.29, 0.717) is 35.6 Å². The number of methoxy groups -OCH3 is 2. The molecule has 0 saturated heterocycles. The molecule has 0 radical (unpaired) electrons. The zero-order chi connectivity index (χ0) is 21.0. The molecular weight excluding hydrogens is 532 g/mol. The van der Waals surface area contributed by atoms with E-state index in [2.05, 4.69) is 20.2 Å². The van der Waals surface area contributed by atoms with E-state index in [9.17, 15) is 13.2 Å². The summed E-state index contributed by atoms with van der Waals surface area (Å²) in [7, 11) is 3.21. The minimum Gasteiger partial charge on any atom is -0.493 e. The lowest BCUT2D eigenvalue weighted by Crippen LogP contribution is -2.44. The van der Waals surface area contributed by atoms with Crippen LogP contribution in [-0.2, 0) is 25.7 Å². The molecular formula is C19H24F3IN4O2S. The minimum atomic E-state index is -4.43. The second-order valence-electron chi connectivity index (χ2n) is 6.44. The van der Waals surface area contributed by atoms with E-state index in [1.165, 1.54) is 5.56 Å². The Balaban J connectivity index is 0.00000320. The second-order valence-corrected chi connectivity index (χ2v) is 7.38. The Morgan fingerprint density at radius 1 is 1.23 bits per heavy atom. The number of hydrogen-bond acceptors (Lipinski definition) is 5. The maximum atomic E-state index is 12.7. The van der Waals surface area contributed by atoms with Gasteiger partial charge in [-0.3, -0.25) is 0 Å². The number of hydrogen-bond donors (Lipinski definition) is 1. The van der Waals surface area contributed by atoms with Crippen molar-refractivity contribution in [2.75, 3.05) is 27.3 Å². The van der Waals surface area contributed by atoms with Crippen molar-refractivity contribution in [1.82, 2.24) is 15.2 Å². The standard InChI is InChI=1S/C19H23F3N4O2S.HI/c1-4-23-18(24-9-17-25-16(11-29-17)19(20,21)22)26-6-5-12-7-14(27-2)15(28-3)8-13(12)10-26;/h7-8,11H,4-6,9-10H2,1-3H3,(H,23,24);1H. The van der Waals surface area contributed by atoms with Crippen LogP contribution in [0.3, 0.4) is 0 Å². The first-order chi connectivity index (χ1) is 13.9. The number of nitrogens with one attached hydrogen (secondary N) is 1. The Labute approximate surface area is 194 Å². The zero-order valence-corrected chi connectivity index (χ0v) is 20.0. The monoisotopic (exact) mass is 556 g/mol. The highest BCUT2D eigenvalue weighted by Crippen LogP contribution is 2.33. The Kier molecular flexibility index (Phi) is 8.59. The van der Waals surface area contributed by atoms with E-state index < -0.39 is 11.9 Å². The second kappa shape index (κ2) is 10.5. The number of nitrogens with zero attached hydrogens (tertiary/aromatic N) is 3. The van der Waals surface area contributed by atoms with Crippen LogP contribution in [0.25, 0.3) is 0 Å². The minimum absolute atomic E-state index is 0. The summed E-state index contributed by atoms with van der Waals surface area (Å²) < 4.78 is 49.0. The van der Waals surface area contributed by atoms with Crippen LogP contribution >= 0.6 is 35.3 Å². The van der Waals surface area contributed by atoms with Gasteiger partial charge in [-0.25, -0.2) is 9.98 Å². The highest BCUT2D eigenvalue weighted by Gasteiger charge is 2.33. The summed E-state index contributed by atoms with van der Waals surface area (Å²) >= 11 is 0.966. The number of ether oxygens (including phenoxy) is 2. The summed E-state index contributed by atoms with van der Waals surface area (Å²) in [5.74, 6) is 2.01. The van der Waals surface area contributed by atoms with Crippen molar-refractivity contribution in [1.29, 1.82) is 0 Å². The quantitative estimate of drug-likeness (QED) is 0.338. The molecule has 3 rings (SSSR count). The summed E-state index contributed by atoms with van der Waals surface area (Å²) in [5, 5.41) is 4.57. The third kappa shape index (κ3) is 5.68. The number of fused-ring (bicyclic) bond motifs is 1. The highest BCUT2D eigenvalue weighted by atomic mass is 127. The third-order valence-corrected chi connectivity index (χ3v) is 5.39. The molecule has 1 aromatic carbocycles. The fourth-order valence-corrected chi connectivity index (χ4v) is 3.87. The van der Waals surface area contributed by atoms with Crippen LogP contribution < -0.4 is 14.8 Å². The average molecular weight is 556 g/mol. The van der Waals surface area contributed by atoms with Crippen LogP contribution in [0.4, 0.5) is 13.2 Å². The van der Waals surface area contributed by atoms with Gasteiger partial charge in [0, 0.05) is 25.0 Å². The van der Waals surface area contributed by atoms with Crippen molar-refractivity contribution >= 4 is 41.3 Å². The third-order valence-electron chi connectivity index (χ3n) is 4.56. The zero-order valence-electron chi connectivity index (χ0n) is 16.9. The molecule has 0 amide bonds. The van der Waals surface area contributed by atoms with Crippen LogP contribution in [0.1, 0.15) is 28.8 Å². The van der Waals surface area contributed by atoms with Gasteiger partial charge in [0.2, 0.25) is 0 Å². The lowest BCUT2D eigenvalue weighted by atomic mass is 9.99. The van der Waals surface area contributed by atoms with Crippen molar-refractivity contribution in [3.8, 4) is 11.5 Å². The molecule has 0 spiro atoms. The van der Waals surface area contributed by atoms with Gasteiger partial charge in [-0.1, -0.05) is 0 Å². The highest BCUT2D eigenvalue weighted by molar-refractivity contribution is 14.0. The lowest BCUT2D eigenvalue weighted by molar-refractivity contribution is -0.140. The number of benzene rings is 1. The molecule has 11 heteroatoms. The topological polar surface area (TPSA) is 59.0 Å². The molecule has 0 bridgehead atoms. The smallest absolute Gasteiger partial charge is 0.434 e. The molecule has 1 N–H and O–H groups in total. The average Bonchev–Trinajstić information content (AvgIpc) is 3.19. The van der Waals surface area contributed by atoms with Crippen LogP contribution in [0.2, 0.25) is 0 Å². The van der Waals surface area contributed by atoms with Crippen LogP contribution in [0.15, 0.2) is 22.5 Å². The first kappa shape index (κ1) is 24.5. The maximum absolute atomic E-state index is 12.7. The van der Waals surface area contributed by atoms with E-state index >= 15 is 0 Å². The molecule has 1 aliphatic rings. The van der Waals surface area contributed by atoms with Crippen LogP contribution in [0, 0.1) is 0 Å². The van der Waals surface area contributed by atoms with Crippen molar-refractivity contribution in [2.24, 2.45) is 4.99 Å². The number of halogens is 4. The van der Waals surface area contributed by atoms with Gasteiger partial charge in [0.1, 0.15) is 5.01 Å². The van der Waals surface area contributed by atoms with Crippen molar-refractivity contribution in [3.63, 3.8) is 0 Å². The molecule has 1 aromatic heterocycles. The van der Waals surface area contributed by atoms with Crippen LogP contribution in [-0.4, -0.2) is 43.2 Å². The molecule has 166 valence electrons. The Morgan fingerprint density at radius 2 is 1.90 bits per heavy atom. The molecule has 1 aliphatic heterocycles. The number of rotatable bonds is 5. The normalized spacial score (nSPS) is 14.1. The lowest BCUT2D eigenvalue weighted by Gasteiger charge is -2.32. The van der Waals surface area contributed by atoms with E-state index in [0.717, 1.165) is 35.2 Å². The van der Waals surface area contributed by atoms with Crippen LogP contribution in [0.5, 0.6) is 11.5 Å². The first-order valence-electron chi connectivity index (χ1n) is 9.14. The van der Waals surface area contributed by atoms with Crippen molar-refractivity contribution in [2.45, 2.75) is 32.6 Å². The number of thiazole rings is 1. The van der Waals surface area contributed by atoms with Crippen molar-refractivity contribution in [3.05, 3.63) is 39.3 Å². The van der Waals surface area contributed by atoms with Gasteiger partial charge in [-0.2, -0.15) is 13.2 Å². The molecule has 6 nitrogen and oxygen atoms in total. The molecule has 2 heterocycles. The molecule has 0 saturated carbocycles. The predicted molar refractivity (Wildman–Crippen MR) is 121 cm³/mol. The summed E-state index contributed by atoms with van der Waals surface area (Å²) in [4.78, 5) is 10.2. The summed E-state index contributed by atoms with van der Waals surface area (Å²) in [5.41, 5.74) is 1.42. The van der Waals surface area contributed by atoms with Gasteiger partial charge >= 0.3 is 6.18 Å². The van der Waals surface area contributed by atoms with Gasteiger partial charge < -0.3 is 19.7 Å². The largest absolute Gasteiger partial charge is 0.493 e. The van der Waals surface area contributed by atoms with Gasteiger partial charge in [-0.15, -0.1) is 35.3 Å². The van der Waals surface area contributed by atoms with Gasteiger partial charge in [0.05, 0.1) is 20.8 Å². The predicted octanol–water partition coefficient (Wildman–Crippen LogP) is 4.32. The van der Waals surface area contributed by atoms with E-state index in [1.807, 2.05) is 19.1 Å². The summed E-state index contributed by atoms with van der Waals surface area (Å²) in [6.07, 6.45) is -3.63. The fourth-order valence-electron chi connectivity index (χ4n) is 3.15. The summed E-state index contributed by atoms with van der Waals surface area (Å²) in [6.45, 7) is 4.05. The van der Waals surface area contributed by atoms with E-state index in [4.69, 9.17) is 9.47 Å². The van der Waals surface area contributed by atoms with Gasteiger partial charge in [0.25, 0.3) is 0 Å². The molecule has 0 aliphatic carbocycles. The molecule has 0 fully saturated rings. The van der Waals surface area contributed by atoms with Crippen molar-refractivity contribution < 1.29 is 22.6 Å². The molecule has 2 aromatic rings. The summed E-state index contributed by atoms with van der Waals surface area (Å²) in [6, 6.07) is 3.95. The van der Waals surface area contributed by atoms with E-state index in [-0.39, 0.29) is 30.5 Å². The number of aromatic nitrogens is 1. The molecule has 0 atom stereocenters. The molecule has 30 heavy (non-hydrogen) atoms. The van der Waals surface area contributed by atoms with Gasteiger partial charge in [0.15, 0.2) is 23.2 Å². The van der Waals surface area contributed by atoms with Gasteiger partial charge in [-0.05, 0) is 36.6 Å². The Bertz CT molecular complexity index is 889. The first-order valence-corrected chi connectivity index (χ1v) is 10.0. The number of guanidine groups is 1. The molecule has 0 unspecified atom stereocenters. The SMILES string of the molecule is CCNC(=NCc1nc(C(F)(F)F)cs1)N1CCc2cc(OC)c(OC)cc2C1.I. The Morgan fingerprint density at radius 3 is 2.47 bits per heavy atom.